The van der Waals surface area contributed by atoms with E-state index in [1.54, 1.807) is 30.4 Å². The van der Waals surface area contributed by atoms with Crippen LogP contribution < -0.4 is 5.32 Å². The maximum absolute atomic E-state index is 11.8. The molecule has 1 N–H and O–H groups in total. The zero-order valence-electron chi connectivity index (χ0n) is 15.6. The van der Waals surface area contributed by atoms with Gasteiger partial charge in [-0.2, -0.15) is 0 Å². The summed E-state index contributed by atoms with van der Waals surface area (Å²) in [6.07, 6.45) is 0. The third-order valence-corrected chi connectivity index (χ3v) is 5.30. The lowest BCUT2D eigenvalue weighted by Gasteiger charge is -2.08. The molecule has 0 saturated heterocycles. The molecule has 0 saturated carbocycles. The molecule has 0 bridgehead atoms. The number of carbonyl (C=O) groups excluding carboxylic acids is 1. The summed E-state index contributed by atoms with van der Waals surface area (Å²) >= 11 is 1.65. The lowest BCUT2D eigenvalue weighted by atomic mass is 10.2. The number of nitrogens with one attached hydrogen (secondary N) is 1. The molecule has 0 atom stereocenters. The second-order valence-corrected chi connectivity index (χ2v) is 7.27. The van der Waals surface area contributed by atoms with Crippen LogP contribution >= 0.6 is 11.3 Å². The van der Waals surface area contributed by atoms with E-state index in [1.807, 2.05) is 37.3 Å². The maximum atomic E-state index is 11.8. The van der Waals surface area contributed by atoms with Crippen molar-refractivity contribution in [2.75, 3.05) is 11.9 Å². The average Bonchev–Trinajstić information content (AvgIpc) is 3.13. The molecule has 0 aliphatic carbocycles. The van der Waals surface area contributed by atoms with Gasteiger partial charge in [-0.1, -0.05) is 30.3 Å². The van der Waals surface area contributed by atoms with Crippen molar-refractivity contribution in [3.05, 3.63) is 72.1 Å². The Hall–Kier alpha value is -3.25. The molecule has 6 heteroatoms. The van der Waals surface area contributed by atoms with Gasteiger partial charge in [-0.15, -0.1) is 11.3 Å². The molecular formula is C22H19N3O2S. The fourth-order valence-electron chi connectivity index (χ4n) is 2.91. The highest BCUT2D eigenvalue weighted by Gasteiger charge is 2.12. The highest BCUT2D eigenvalue weighted by Crippen LogP contribution is 2.36. The zero-order chi connectivity index (χ0) is 19.5. The Bertz CT molecular complexity index is 1120. The molecule has 140 valence electrons. The Labute approximate surface area is 167 Å². The number of benzene rings is 2. The predicted octanol–water partition coefficient (Wildman–Crippen LogP) is 5.59. The first-order chi connectivity index (χ1) is 13.6. The van der Waals surface area contributed by atoms with E-state index in [-0.39, 0.29) is 5.97 Å². The normalized spacial score (nSPS) is 10.8. The summed E-state index contributed by atoms with van der Waals surface area (Å²) in [6.45, 7) is 4.04. The van der Waals surface area contributed by atoms with Crippen LogP contribution in [0.5, 0.6) is 0 Å². The first kappa shape index (κ1) is 18.1. The molecule has 0 radical (unpaired) electrons. The quantitative estimate of drug-likeness (QED) is 0.451. The van der Waals surface area contributed by atoms with E-state index in [9.17, 15) is 4.79 Å². The van der Waals surface area contributed by atoms with Crippen molar-refractivity contribution in [2.24, 2.45) is 0 Å². The topological polar surface area (TPSA) is 64.1 Å². The van der Waals surface area contributed by atoms with Crippen LogP contribution in [0.15, 0.2) is 60.7 Å². The van der Waals surface area contributed by atoms with Crippen LogP contribution in [0.3, 0.4) is 0 Å². The molecular weight excluding hydrogens is 370 g/mol. The summed E-state index contributed by atoms with van der Waals surface area (Å²) in [4.78, 5) is 23.1. The number of esters is 1. The number of thiophene rings is 1. The molecule has 2 heterocycles. The summed E-state index contributed by atoms with van der Waals surface area (Å²) in [5.74, 6) is 1.14. The van der Waals surface area contributed by atoms with Crippen LogP contribution in [0.2, 0.25) is 0 Å². The number of hydrogen-bond acceptors (Lipinski definition) is 6. The van der Waals surface area contributed by atoms with E-state index >= 15 is 0 Å². The van der Waals surface area contributed by atoms with Crippen molar-refractivity contribution in [1.29, 1.82) is 0 Å². The standard InChI is InChI=1S/C22H19N3O2S/c1-3-27-22(26)16-9-11-17(12-10-16)25-20-18-13-19(15-7-5-4-6-8-15)28-21(18)24-14(2)23-20/h4-13H,3H2,1-2H3,(H,23,24,25). The smallest absolute Gasteiger partial charge is 0.338 e. The van der Waals surface area contributed by atoms with Crippen molar-refractivity contribution in [3.8, 4) is 10.4 Å². The lowest BCUT2D eigenvalue weighted by molar-refractivity contribution is 0.0526. The van der Waals surface area contributed by atoms with Crippen LogP contribution in [-0.4, -0.2) is 22.5 Å². The minimum atomic E-state index is -0.320. The Balaban J connectivity index is 1.67. The first-order valence-corrected chi connectivity index (χ1v) is 9.83. The van der Waals surface area contributed by atoms with Crippen molar-refractivity contribution in [1.82, 2.24) is 9.97 Å². The third kappa shape index (κ3) is 3.73. The van der Waals surface area contributed by atoms with Crippen molar-refractivity contribution in [2.45, 2.75) is 13.8 Å². The van der Waals surface area contributed by atoms with Gasteiger partial charge >= 0.3 is 5.97 Å². The number of nitrogens with zero attached hydrogens (tertiary/aromatic N) is 2. The van der Waals surface area contributed by atoms with E-state index in [0.717, 1.165) is 32.2 Å². The van der Waals surface area contributed by atoms with Crippen LogP contribution in [0, 0.1) is 6.92 Å². The van der Waals surface area contributed by atoms with Gasteiger partial charge in [0.1, 0.15) is 16.5 Å². The predicted molar refractivity (Wildman–Crippen MR) is 113 cm³/mol. The van der Waals surface area contributed by atoms with Gasteiger partial charge in [-0.3, -0.25) is 0 Å². The molecule has 2 aromatic heterocycles. The number of aryl methyl sites for hydroxylation is 1. The molecule has 0 amide bonds. The first-order valence-electron chi connectivity index (χ1n) is 9.02. The summed E-state index contributed by atoms with van der Waals surface area (Å²) in [6, 6.07) is 19.5. The summed E-state index contributed by atoms with van der Waals surface area (Å²) in [5.41, 5.74) is 2.53. The van der Waals surface area contributed by atoms with E-state index in [2.05, 4.69) is 33.5 Å². The van der Waals surface area contributed by atoms with Gasteiger partial charge in [0, 0.05) is 10.6 Å². The third-order valence-electron chi connectivity index (χ3n) is 4.22. The molecule has 4 aromatic rings. The monoisotopic (exact) mass is 389 g/mol. The van der Waals surface area contributed by atoms with Gasteiger partial charge in [0.05, 0.1) is 17.6 Å². The highest BCUT2D eigenvalue weighted by atomic mass is 32.1. The minimum absolute atomic E-state index is 0.320. The summed E-state index contributed by atoms with van der Waals surface area (Å²) in [7, 11) is 0. The Kier molecular flexibility index (Phi) is 5.04. The van der Waals surface area contributed by atoms with Gasteiger partial charge in [-0.25, -0.2) is 14.8 Å². The Morgan fingerprint density at radius 1 is 1.07 bits per heavy atom. The SMILES string of the molecule is CCOC(=O)c1ccc(Nc2nc(C)nc3sc(-c4ccccc4)cc23)cc1. The average molecular weight is 389 g/mol. The molecule has 28 heavy (non-hydrogen) atoms. The number of hydrogen-bond donors (Lipinski definition) is 1. The van der Waals surface area contributed by atoms with Crippen LogP contribution in [-0.2, 0) is 4.74 Å². The number of rotatable bonds is 5. The summed E-state index contributed by atoms with van der Waals surface area (Å²) < 4.78 is 5.03. The van der Waals surface area contributed by atoms with E-state index in [1.165, 1.54) is 0 Å². The number of ether oxygens (including phenoxy) is 1. The van der Waals surface area contributed by atoms with E-state index < -0.39 is 0 Å². The molecule has 0 aliphatic heterocycles. The number of anilines is 2. The fourth-order valence-corrected chi connectivity index (χ4v) is 3.99. The van der Waals surface area contributed by atoms with Gasteiger partial charge in [0.15, 0.2) is 0 Å². The Morgan fingerprint density at radius 3 is 2.54 bits per heavy atom. The number of fused-ring (bicyclic) bond motifs is 1. The van der Waals surface area contributed by atoms with Crippen LogP contribution in [0.25, 0.3) is 20.7 Å². The minimum Gasteiger partial charge on any atom is -0.462 e. The summed E-state index contributed by atoms with van der Waals surface area (Å²) in [5, 5.41) is 4.33. The molecule has 4 rings (SSSR count). The lowest BCUT2D eigenvalue weighted by Crippen LogP contribution is -2.04. The molecule has 0 unspecified atom stereocenters. The second-order valence-electron chi connectivity index (χ2n) is 6.24. The van der Waals surface area contributed by atoms with Crippen molar-refractivity contribution < 1.29 is 9.53 Å². The largest absolute Gasteiger partial charge is 0.462 e. The van der Waals surface area contributed by atoms with Gasteiger partial charge < -0.3 is 10.1 Å². The second kappa shape index (κ2) is 7.78. The fraction of sp³-hybridized carbons (Fsp3) is 0.136. The molecule has 0 spiro atoms. The van der Waals surface area contributed by atoms with E-state index in [4.69, 9.17) is 4.74 Å². The molecule has 0 aliphatic rings. The number of carbonyl (C=O) groups is 1. The van der Waals surface area contributed by atoms with E-state index in [0.29, 0.717) is 18.0 Å². The molecule has 2 aromatic carbocycles. The Morgan fingerprint density at radius 2 is 1.82 bits per heavy atom. The highest BCUT2D eigenvalue weighted by molar-refractivity contribution is 7.21. The molecule has 5 nitrogen and oxygen atoms in total. The molecule has 0 fully saturated rings. The van der Waals surface area contributed by atoms with Crippen LogP contribution in [0.1, 0.15) is 23.1 Å². The van der Waals surface area contributed by atoms with Gasteiger partial charge in [0.25, 0.3) is 0 Å². The van der Waals surface area contributed by atoms with Crippen molar-refractivity contribution >= 4 is 39.0 Å². The van der Waals surface area contributed by atoms with Crippen molar-refractivity contribution in [3.63, 3.8) is 0 Å². The van der Waals surface area contributed by atoms with Crippen LogP contribution in [0.4, 0.5) is 11.5 Å². The zero-order valence-corrected chi connectivity index (χ0v) is 16.4. The maximum Gasteiger partial charge on any atom is 0.338 e. The number of aromatic nitrogens is 2. The van der Waals surface area contributed by atoms with Gasteiger partial charge in [-0.05, 0) is 49.7 Å². The van der Waals surface area contributed by atoms with Gasteiger partial charge in [0.2, 0.25) is 0 Å².